The van der Waals surface area contributed by atoms with Crippen LogP contribution in [-0.4, -0.2) is 17.9 Å². The molecule has 0 saturated heterocycles. The summed E-state index contributed by atoms with van der Waals surface area (Å²) in [5.74, 6) is 0. The van der Waals surface area contributed by atoms with Gasteiger partial charge < -0.3 is 5.11 Å². The minimum atomic E-state index is -0.471. The maximum Gasteiger partial charge on any atom is 0.117 e. The second kappa shape index (κ2) is 5.06. The Balaban J connectivity index is 2.72. The van der Waals surface area contributed by atoms with Gasteiger partial charge in [0.2, 0.25) is 0 Å². The van der Waals surface area contributed by atoms with Crippen LogP contribution in [0.1, 0.15) is 26.7 Å². The Hall–Kier alpha value is -0.0800. The minimum absolute atomic E-state index is 0.471. The first-order valence-electron chi connectivity index (χ1n) is 3.12. The summed E-state index contributed by atoms with van der Waals surface area (Å²) in [6.45, 7) is 4.58. The molecule has 0 aromatic rings. The summed E-state index contributed by atoms with van der Waals surface area (Å²) in [4.78, 5) is 0. The van der Waals surface area contributed by atoms with Gasteiger partial charge in [-0.25, -0.2) is 5.32 Å². The highest BCUT2D eigenvalue weighted by atomic mass is 16.3. The molecule has 0 rings (SSSR count). The predicted molar refractivity (Wildman–Crippen MR) is 33.6 cm³/mol. The standard InChI is InChI=1S/C6H14NO/c1-3-4-5-7-6(2)8/h6,8H,3-5H2,1-2H3. The van der Waals surface area contributed by atoms with Crippen LogP contribution in [0.3, 0.4) is 0 Å². The lowest BCUT2D eigenvalue weighted by molar-refractivity contribution is 0.152. The van der Waals surface area contributed by atoms with Crippen molar-refractivity contribution in [3.63, 3.8) is 0 Å². The average molecular weight is 116 g/mol. The van der Waals surface area contributed by atoms with Gasteiger partial charge >= 0.3 is 0 Å². The van der Waals surface area contributed by atoms with Crippen molar-refractivity contribution in [3.05, 3.63) is 0 Å². The number of aliphatic hydroxyl groups is 1. The number of aliphatic hydroxyl groups excluding tert-OH is 1. The van der Waals surface area contributed by atoms with Crippen LogP contribution in [0.4, 0.5) is 0 Å². The largest absolute Gasteiger partial charge is 0.377 e. The Bertz CT molecular complexity index is 45.8. The fourth-order valence-corrected chi connectivity index (χ4v) is 0.436. The highest BCUT2D eigenvalue weighted by Gasteiger charge is 1.91. The normalized spacial score (nSPS) is 13.9. The molecule has 1 unspecified atom stereocenters. The number of nitrogens with zero attached hydrogens (tertiary/aromatic N) is 1. The van der Waals surface area contributed by atoms with E-state index in [1.54, 1.807) is 6.92 Å². The molecule has 0 spiro atoms. The third kappa shape index (κ3) is 5.92. The number of hydrogen-bond acceptors (Lipinski definition) is 1. The van der Waals surface area contributed by atoms with E-state index in [4.69, 9.17) is 5.11 Å². The second-order valence-corrected chi connectivity index (χ2v) is 1.89. The van der Waals surface area contributed by atoms with Crippen molar-refractivity contribution in [1.82, 2.24) is 5.32 Å². The Morgan fingerprint density at radius 3 is 2.62 bits per heavy atom. The summed E-state index contributed by atoms with van der Waals surface area (Å²) in [5, 5.41) is 12.5. The summed E-state index contributed by atoms with van der Waals surface area (Å²) in [6.07, 6.45) is 1.77. The predicted octanol–water partition coefficient (Wildman–Crippen LogP) is 0.729. The van der Waals surface area contributed by atoms with E-state index in [0.717, 1.165) is 19.4 Å². The molecule has 0 aliphatic carbocycles. The van der Waals surface area contributed by atoms with Crippen LogP contribution in [-0.2, 0) is 0 Å². The Kier molecular flexibility index (Phi) is 5.01. The molecule has 0 aromatic heterocycles. The lowest BCUT2D eigenvalue weighted by atomic mass is 10.3. The van der Waals surface area contributed by atoms with Crippen molar-refractivity contribution >= 4 is 0 Å². The van der Waals surface area contributed by atoms with Crippen molar-refractivity contribution in [2.75, 3.05) is 6.54 Å². The van der Waals surface area contributed by atoms with E-state index in [1.807, 2.05) is 0 Å². The molecular weight excluding hydrogens is 102 g/mol. The molecule has 2 nitrogen and oxygen atoms in total. The zero-order valence-electron chi connectivity index (χ0n) is 5.59. The highest BCUT2D eigenvalue weighted by Crippen LogP contribution is 1.84. The maximum absolute atomic E-state index is 8.61. The molecule has 1 atom stereocenters. The Morgan fingerprint density at radius 2 is 2.25 bits per heavy atom. The fraction of sp³-hybridized carbons (Fsp3) is 1.00. The molecule has 0 amide bonds. The second-order valence-electron chi connectivity index (χ2n) is 1.89. The molecule has 0 heterocycles. The van der Waals surface area contributed by atoms with Gasteiger partial charge in [-0.3, -0.25) is 0 Å². The summed E-state index contributed by atoms with van der Waals surface area (Å²) in [6, 6.07) is 0. The van der Waals surface area contributed by atoms with E-state index < -0.39 is 6.23 Å². The van der Waals surface area contributed by atoms with Gasteiger partial charge in [0.05, 0.1) is 0 Å². The summed E-state index contributed by atoms with van der Waals surface area (Å²) >= 11 is 0. The first-order valence-corrected chi connectivity index (χ1v) is 3.12. The van der Waals surface area contributed by atoms with Crippen LogP contribution in [0.25, 0.3) is 0 Å². The van der Waals surface area contributed by atoms with Crippen LogP contribution in [0.5, 0.6) is 0 Å². The van der Waals surface area contributed by atoms with Crippen molar-refractivity contribution in [3.8, 4) is 0 Å². The van der Waals surface area contributed by atoms with Crippen LogP contribution in [0.2, 0.25) is 0 Å². The van der Waals surface area contributed by atoms with Crippen LogP contribution in [0, 0.1) is 0 Å². The zero-order chi connectivity index (χ0) is 6.41. The van der Waals surface area contributed by atoms with E-state index in [-0.39, 0.29) is 0 Å². The van der Waals surface area contributed by atoms with Gasteiger partial charge in [-0.1, -0.05) is 13.3 Å². The van der Waals surface area contributed by atoms with Gasteiger partial charge in [-0.15, -0.1) is 0 Å². The zero-order valence-corrected chi connectivity index (χ0v) is 5.59. The third-order valence-corrected chi connectivity index (χ3v) is 0.905. The number of unbranched alkanes of at least 4 members (excludes halogenated alkanes) is 1. The lowest BCUT2D eigenvalue weighted by Gasteiger charge is -2.01. The summed E-state index contributed by atoms with van der Waals surface area (Å²) < 4.78 is 0. The topological polar surface area (TPSA) is 34.3 Å². The van der Waals surface area contributed by atoms with Gasteiger partial charge in [-0.2, -0.15) is 0 Å². The summed E-state index contributed by atoms with van der Waals surface area (Å²) in [7, 11) is 0. The van der Waals surface area contributed by atoms with Gasteiger partial charge in [0, 0.05) is 6.54 Å². The van der Waals surface area contributed by atoms with Gasteiger partial charge in [0.15, 0.2) is 0 Å². The summed E-state index contributed by atoms with van der Waals surface area (Å²) in [5.41, 5.74) is 0. The molecule has 0 aliphatic heterocycles. The first-order chi connectivity index (χ1) is 3.77. The molecule has 49 valence electrons. The van der Waals surface area contributed by atoms with Crippen LogP contribution in [0.15, 0.2) is 0 Å². The van der Waals surface area contributed by atoms with Gasteiger partial charge in [0.25, 0.3) is 0 Å². The van der Waals surface area contributed by atoms with Crippen molar-refractivity contribution in [2.24, 2.45) is 0 Å². The minimum Gasteiger partial charge on any atom is -0.377 e. The third-order valence-electron chi connectivity index (χ3n) is 0.905. The molecule has 8 heavy (non-hydrogen) atoms. The number of rotatable bonds is 4. The van der Waals surface area contributed by atoms with Crippen molar-refractivity contribution in [1.29, 1.82) is 0 Å². The molecule has 0 aliphatic rings. The number of hydrogen-bond donors (Lipinski definition) is 1. The Labute approximate surface area is 50.9 Å². The SMILES string of the molecule is CCCC[N]C(C)O. The molecule has 1 N–H and O–H groups in total. The smallest absolute Gasteiger partial charge is 0.117 e. The molecular formula is C6H14NO. The molecule has 2 heteroatoms. The average Bonchev–Trinajstić information content (AvgIpc) is 1.66. The van der Waals surface area contributed by atoms with E-state index in [2.05, 4.69) is 12.2 Å². The quantitative estimate of drug-likeness (QED) is 0.540. The van der Waals surface area contributed by atoms with Gasteiger partial charge in [0.1, 0.15) is 6.23 Å². The molecule has 1 radical (unpaired) electrons. The van der Waals surface area contributed by atoms with Crippen LogP contribution < -0.4 is 5.32 Å². The first kappa shape index (κ1) is 7.92. The van der Waals surface area contributed by atoms with Crippen LogP contribution >= 0.6 is 0 Å². The lowest BCUT2D eigenvalue weighted by Crippen LogP contribution is -2.18. The van der Waals surface area contributed by atoms with Gasteiger partial charge in [-0.05, 0) is 13.3 Å². The molecule has 0 fully saturated rings. The van der Waals surface area contributed by atoms with E-state index in [9.17, 15) is 0 Å². The Morgan fingerprint density at radius 1 is 1.62 bits per heavy atom. The maximum atomic E-state index is 8.61. The molecule has 0 saturated carbocycles. The van der Waals surface area contributed by atoms with E-state index >= 15 is 0 Å². The molecule has 0 aromatic carbocycles. The fourth-order valence-electron chi connectivity index (χ4n) is 0.436. The van der Waals surface area contributed by atoms with Crippen molar-refractivity contribution in [2.45, 2.75) is 32.9 Å². The molecule has 0 bridgehead atoms. The van der Waals surface area contributed by atoms with Crippen molar-refractivity contribution < 1.29 is 5.11 Å². The monoisotopic (exact) mass is 116 g/mol. The van der Waals surface area contributed by atoms with E-state index in [1.165, 1.54) is 0 Å². The highest BCUT2D eigenvalue weighted by molar-refractivity contribution is 4.43. The van der Waals surface area contributed by atoms with E-state index in [0.29, 0.717) is 0 Å².